The summed E-state index contributed by atoms with van der Waals surface area (Å²) < 4.78 is 10.8. The van der Waals surface area contributed by atoms with Gasteiger partial charge in [-0.2, -0.15) is 0 Å². The molecule has 3 rings (SSSR count). The van der Waals surface area contributed by atoms with Crippen molar-refractivity contribution in [2.75, 3.05) is 38.8 Å². The van der Waals surface area contributed by atoms with Crippen molar-refractivity contribution < 1.29 is 14.3 Å². The lowest BCUT2D eigenvalue weighted by Gasteiger charge is -2.30. The first kappa shape index (κ1) is 21.0. The number of benzene rings is 1. The third-order valence-electron chi connectivity index (χ3n) is 5.31. The molecule has 0 saturated heterocycles. The SMILES string of the molecule is CCCN(CCC)c1ccc(C(=O)N2CCc3cc(OC)c(OC)cc3C2)cn1. The van der Waals surface area contributed by atoms with Crippen LogP contribution in [0.5, 0.6) is 11.5 Å². The van der Waals surface area contributed by atoms with Gasteiger partial charge in [-0.3, -0.25) is 4.79 Å². The minimum atomic E-state index is 0.0158. The quantitative estimate of drug-likeness (QED) is 0.676. The average molecular weight is 398 g/mol. The normalized spacial score (nSPS) is 13.0. The summed E-state index contributed by atoms with van der Waals surface area (Å²) in [6, 6.07) is 7.85. The highest BCUT2D eigenvalue weighted by atomic mass is 16.5. The van der Waals surface area contributed by atoms with E-state index < -0.39 is 0 Å². The van der Waals surface area contributed by atoms with Crippen LogP contribution in [-0.2, 0) is 13.0 Å². The second-order valence-corrected chi connectivity index (χ2v) is 7.34. The van der Waals surface area contributed by atoms with Crippen LogP contribution in [0.15, 0.2) is 30.5 Å². The fourth-order valence-corrected chi connectivity index (χ4v) is 3.82. The van der Waals surface area contributed by atoms with Crippen molar-refractivity contribution >= 4 is 11.7 Å². The van der Waals surface area contributed by atoms with Crippen molar-refractivity contribution in [3.8, 4) is 11.5 Å². The summed E-state index contributed by atoms with van der Waals surface area (Å²) in [6.07, 6.45) is 4.65. The monoisotopic (exact) mass is 397 g/mol. The van der Waals surface area contributed by atoms with Crippen molar-refractivity contribution in [3.63, 3.8) is 0 Å². The van der Waals surface area contributed by atoms with Gasteiger partial charge >= 0.3 is 0 Å². The molecule has 0 N–H and O–H groups in total. The summed E-state index contributed by atoms with van der Waals surface area (Å²) in [5.74, 6) is 2.38. The van der Waals surface area contributed by atoms with E-state index in [2.05, 4.69) is 23.7 Å². The number of pyridine rings is 1. The fourth-order valence-electron chi connectivity index (χ4n) is 3.82. The van der Waals surface area contributed by atoms with Gasteiger partial charge in [0.05, 0.1) is 19.8 Å². The number of hydrogen-bond acceptors (Lipinski definition) is 5. The molecule has 0 unspecified atom stereocenters. The van der Waals surface area contributed by atoms with Gasteiger partial charge in [0.15, 0.2) is 11.5 Å². The zero-order valence-corrected chi connectivity index (χ0v) is 17.9. The number of fused-ring (bicyclic) bond motifs is 1. The highest BCUT2D eigenvalue weighted by molar-refractivity contribution is 5.94. The summed E-state index contributed by atoms with van der Waals surface area (Å²) >= 11 is 0. The molecule has 6 heteroatoms. The Kier molecular flexibility index (Phi) is 6.96. The molecule has 0 bridgehead atoms. The molecule has 1 aromatic carbocycles. The number of rotatable bonds is 8. The number of aromatic nitrogens is 1. The number of amides is 1. The minimum Gasteiger partial charge on any atom is -0.493 e. The van der Waals surface area contributed by atoms with Gasteiger partial charge in [0.1, 0.15) is 5.82 Å². The van der Waals surface area contributed by atoms with Crippen molar-refractivity contribution in [1.29, 1.82) is 0 Å². The molecule has 156 valence electrons. The van der Waals surface area contributed by atoms with Crippen molar-refractivity contribution in [3.05, 3.63) is 47.2 Å². The van der Waals surface area contributed by atoms with Gasteiger partial charge < -0.3 is 19.3 Å². The Morgan fingerprint density at radius 2 is 1.72 bits per heavy atom. The molecule has 6 nitrogen and oxygen atoms in total. The topological polar surface area (TPSA) is 54.9 Å². The molecule has 1 aromatic heterocycles. The summed E-state index contributed by atoms with van der Waals surface area (Å²) in [7, 11) is 3.27. The number of carbonyl (C=O) groups excluding carboxylic acids is 1. The Morgan fingerprint density at radius 1 is 1.07 bits per heavy atom. The first-order valence-electron chi connectivity index (χ1n) is 10.3. The molecule has 0 fully saturated rings. The Labute approximate surface area is 173 Å². The van der Waals surface area contributed by atoms with Crippen LogP contribution in [-0.4, -0.2) is 49.6 Å². The zero-order valence-electron chi connectivity index (χ0n) is 17.9. The number of anilines is 1. The Morgan fingerprint density at radius 3 is 2.28 bits per heavy atom. The summed E-state index contributed by atoms with van der Waals surface area (Å²) in [5.41, 5.74) is 2.93. The van der Waals surface area contributed by atoms with Gasteiger partial charge in [-0.15, -0.1) is 0 Å². The van der Waals surface area contributed by atoms with E-state index in [1.807, 2.05) is 29.2 Å². The van der Waals surface area contributed by atoms with E-state index in [0.717, 1.165) is 49.5 Å². The third-order valence-corrected chi connectivity index (χ3v) is 5.31. The van der Waals surface area contributed by atoms with Crippen LogP contribution in [0.2, 0.25) is 0 Å². The molecule has 1 aliphatic rings. The van der Waals surface area contributed by atoms with Crippen LogP contribution in [0.1, 0.15) is 48.2 Å². The van der Waals surface area contributed by atoms with Crippen LogP contribution in [0.3, 0.4) is 0 Å². The van der Waals surface area contributed by atoms with E-state index in [1.54, 1.807) is 20.4 Å². The van der Waals surface area contributed by atoms with Gasteiger partial charge in [-0.25, -0.2) is 4.98 Å². The second kappa shape index (κ2) is 9.63. The highest BCUT2D eigenvalue weighted by Crippen LogP contribution is 2.33. The van der Waals surface area contributed by atoms with E-state index >= 15 is 0 Å². The highest BCUT2D eigenvalue weighted by Gasteiger charge is 2.24. The summed E-state index contributed by atoms with van der Waals surface area (Å²) in [4.78, 5) is 21.7. The van der Waals surface area contributed by atoms with Crippen LogP contribution in [0, 0.1) is 0 Å². The molecule has 1 aliphatic heterocycles. The molecular weight excluding hydrogens is 366 g/mol. The molecule has 2 heterocycles. The molecule has 0 spiro atoms. The zero-order chi connectivity index (χ0) is 20.8. The van der Waals surface area contributed by atoms with Gasteiger partial charge in [-0.05, 0) is 54.7 Å². The predicted octanol–water partition coefficient (Wildman–Crippen LogP) is 3.92. The van der Waals surface area contributed by atoms with E-state index in [0.29, 0.717) is 24.4 Å². The number of methoxy groups -OCH3 is 2. The molecule has 0 radical (unpaired) electrons. The molecule has 2 aromatic rings. The van der Waals surface area contributed by atoms with Gasteiger partial charge in [0, 0.05) is 32.4 Å². The van der Waals surface area contributed by atoms with Gasteiger partial charge in [0.2, 0.25) is 0 Å². The Balaban J connectivity index is 1.74. The van der Waals surface area contributed by atoms with Crippen LogP contribution < -0.4 is 14.4 Å². The first-order valence-corrected chi connectivity index (χ1v) is 10.3. The maximum absolute atomic E-state index is 13.0. The lowest BCUT2D eigenvalue weighted by atomic mass is 9.98. The van der Waals surface area contributed by atoms with Crippen LogP contribution >= 0.6 is 0 Å². The largest absolute Gasteiger partial charge is 0.493 e. The predicted molar refractivity (Wildman–Crippen MR) is 115 cm³/mol. The minimum absolute atomic E-state index is 0.0158. The first-order chi connectivity index (χ1) is 14.1. The molecule has 0 aliphatic carbocycles. The standard InChI is InChI=1S/C23H31N3O3/c1-5-10-25(11-6-2)22-8-7-18(15-24-22)23(27)26-12-9-17-13-20(28-3)21(29-4)14-19(17)16-26/h7-8,13-15H,5-6,9-12,16H2,1-4H3. The van der Waals surface area contributed by atoms with E-state index in [4.69, 9.17) is 9.47 Å². The fraction of sp³-hybridized carbons (Fsp3) is 0.478. The lowest BCUT2D eigenvalue weighted by Crippen LogP contribution is -2.36. The number of hydrogen-bond donors (Lipinski definition) is 0. The van der Waals surface area contributed by atoms with Crippen LogP contribution in [0.25, 0.3) is 0 Å². The van der Waals surface area contributed by atoms with Crippen molar-refractivity contribution in [2.45, 2.75) is 39.7 Å². The smallest absolute Gasteiger partial charge is 0.255 e. The maximum atomic E-state index is 13.0. The Hall–Kier alpha value is -2.76. The van der Waals surface area contributed by atoms with E-state index in [1.165, 1.54) is 5.56 Å². The van der Waals surface area contributed by atoms with E-state index in [9.17, 15) is 4.79 Å². The molecule has 29 heavy (non-hydrogen) atoms. The van der Waals surface area contributed by atoms with Crippen molar-refractivity contribution in [1.82, 2.24) is 9.88 Å². The maximum Gasteiger partial charge on any atom is 0.255 e. The average Bonchev–Trinajstić information content (AvgIpc) is 2.77. The summed E-state index contributed by atoms with van der Waals surface area (Å²) in [5, 5.41) is 0. The van der Waals surface area contributed by atoms with Crippen LogP contribution in [0.4, 0.5) is 5.82 Å². The molecule has 0 atom stereocenters. The molecular formula is C23H31N3O3. The van der Waals surface area contributed by atoms with E-state index in [-0.39, 0.29) is 5.91 Å². The van der Waals surface area contributed by atoms with Crippen molar-refractivity contribution in [2.24, 2.45) is 0 Å². The van der Waals surface area contributed by atoms with Gasteiger partial charge in [0.25, 0.3) is 5.91 Å². The third kappa shape index (κ3) is 4.63. The lowest BCUT2D eigenvalue weighted by molar-refractivity contribution is 0.0734. The number of carbonyl (C=O) groups is 1. The van der Waals surface area contributed by atoms with Gasteiger partial charge in [-0.1, -0.05) is 13.8 Å². The summed E-state index contributed by atoms with van der Waals surface area (Å²) in [6.45, 7) is 7.53. The number of nitrogens with zero attached hydrogens (tertiary/aromatic N) is 3. The Bertz CT molecular complexity index is 830. The molecule has 0 saturated carbocycles. The molecule has 1 amide bonds. The second-order valence-electron chi connectivity index (χ2n) is 7.34. The number of ether oxygens (including phenoxy) is 2.